The summed E-state index contributed by atoms with van der Waals surface area (Å²) in [6.07, 6.45) is 1.56. The van der Waals surface area contributed by atoms with E-state index in [2.05, 4.69) is 15.9 Å². The van der Waals surface area contributed by atoms with E-state index in [0.717, 1.165) is 10.0 Å². The Morgan fingerprint density at radius 3 is 2.21 bits per heavy atom. The highest BCUT2D eigenvalue weighted by molar-refractivity contribution is 9.10. The maximum atomic E-state index is 12.4. The highest BCUT2D eigenvalue weighted by atomic mass is 79.9. The maximum absolute atomic E-state index is 12.4. The number of amides is 2. The van der Waals surface area contributed by atoms with E-state index in [9.17, 15) is 9.59 Å². The molecule has 1 fully saturated rings. The van der Waals surface area contributed by atoms with Gasteiger partial charge in [0.15, 0.2) is 5.11 Å². The second-order valence-corrected chi connectivity index (χ2v) is 7.75. The average molecular weight is 459 g/mol. The topological polar surface area (TPSA) is 49.9 Å². The Morgan fingerprint density at radius 1 is 1.04 bits per heavy atom. The Balaban J connectivity index is 1.79. The number of aryl methyl sites for hydroxylation is 1. The largest absolute Gasteiger partial charge is 0.488 e. The Morgan fingerprint density at radius 2 is 1.64 bits per heavy atom. The molecule has 2 amide bonds. The molecular formula is C21H19BrN2O3S. The van der Waals surface area contributed by atoms with Crippen LogP contribution in [0.5, 0.6) is 5.75 Å². The van der Waals surface area contributed by atoms with E-state index >= 15 is 0 Å². The van der Waals surface area contributed by atoms with Crippen LogP contribution in [0.15, 0.2) is 52.5 Å². The molecule has 1 heterocycles. The first kappa shape index (κ1) is 20.2. The summed E-state index contributed by atoms with van der Waals surface area (Å²) in [5.41, 5.74) is 3.05. The second-order valence-electron chi connectivity index (χ2n) is 6.53. The van der Waals surface area contributed by atoms with Gasteiger partial charge in [-0.15, -0.1) is 0 Å². The van der Waals surface area contributed by atoms with Crippen molar-refractivity contribution in [2.24, 2.45) is 0 Å². The van der Waals surface area contributed by atoms with E-state index < -0.39 is 11.8 Å². The summed E-state index contributed by atoms with van der Waals surface area (Å²) in [5.74, 6) is -0.146. The lowest BCUT2D eigenvalue weighted by Crippen LogP contribution is -2.52. The van der Waals surface area contributed by atoms with Crippen molar-refractivity contribution in [2.75, 3.05) is 14.1 Å². The minimum Gasteiger partial charge on any atom is -0.488 e. The van der Waals surface area contributed by atoms with Gasteiger partial charge >= 0.3 is 0 Å². The van der Waals surface area contributed by atoms with E-state index in [-0.39, 0.29) is 10.7 Å². The fourth-order valence-electron chi connectivity index (χ4n) is 2.71. The van der Waals surface area contributed by atoms with Crippen LogP contribution in [0.3, 0.4) is 0 Å². The van der Waals surface area contributed by atoms with Gasteiger partial charge < -0.3 is 4.74 Å². The van der Waals surface area contributed by atoms with Gasteiger partial charge in [-0.1, -0.05) is 35.9 Å². The molecule has 0 unspecified atom stereocenters. The number of benzene rings is 2. The van der Waals surface area contributed by atoms with Crippen molar-refractivity contribution in [3.63, 3.8) is 0 Å². The van der Waals surface area contributed by atoms with Gasteiger partial charge in [-0.05, 0) is 64.4 Å². The van der Waals surface area contributed by atoms with E-state index in [1.165, 1.54) is 15.4 Å². The van der Waals surface area contributed by atoms with Crippen molar-refractivity contribution in [1.82, 2.24) is 9.80 Å². The van der Waals surface area contributed by atoms with Crippen molar-refractivity contribution >= 4 is 51.2 Å². The fraction of sp³-hybridized carbons (Fsp3) is 0.190. The third kappa shape index (κ3) is 4.15. The SMILES string of the molecule is Cc1ccc(COc2ccc(C=C3C(=O)N(C)C(=S)N(C)C3=O)cc2Br)cc1. The van der Waals surface area contributed by atoms with Crippen molar-refractivity contribution in [1.29, 1.82) is 0 Å². The molecule has 1 aliphatic rings. The van der Waals surface area contributed by atoms with Crippen molar-refractivity contribution < 1.29 is 14.3 Å². The molecule has 0 bridgehead atoms. The molecule has 144 valence electrons. The Bertz CT molecular complexity index is 960. The molecule has 5 nitrogen and oxygen atoms in total. The van der Waals surface area contributed by atoms with Gasteiger partial charge in [-0.3, -0.25) is 19.4 Å². The van der Waals surface area contributed by atoms with Gasteiger partial charge in [-0.2, -0.15) is 0 Å². The smallest absolute Gasteiger partial charge is 0.265 e. The van der Waals surface area contributed by atoms with Crippen LogP contribution in [0.4, 0.5) is 0 Å². The van der Waals surface area contributed by atoms with Gasteiger partial charge in [0.1, 0.15) is 17.9 Å². The van der Waals surface area contributed by atoms with Crippen LogP contribution in [0.1, 0.15) is 16.7 Å². The van der Waals surface area contributed by atoms with Crippen LogP contribution >= 0.6 is 28.1 Å². The highest BCUT2D eigenvalue weighted by Crippen LogP contribution is 2.28. The predicted molar refractivity (Wildman–Crippen MR) is 116 cm³/mol. The molecule has 0 saturated carbocycles. The molecule has 28 heavy (non-hydrogen) atoms. The number of carbonyl (C=O) groups is 2. The lowest BCUT2D eigenvalue weighted by Gasteiger charge is -2.31. The molecule has 7 heteroatoms. The third-order valence-electron chi connectivity index (χ3n) is 4.43. The first-order chi connectivity index (χ1) is 13.3. The van der Waals surface area contributed by atoms with E-state index in [0.29, 0.717) is 17.9 Å². The summed E-state index contributed by atoms with van der Waals surface area (Å²) < 4.78 is 6.60. The predicted octanol–water partition coefficient (Wildman–Crippen LogP) is 3.94. The van der Waals surface area contributed by atoms with Crippen LogP contribution in [-0.4, -0.2) is 40.8 Å². The van der Waals surface area contributed by atoms with Gasteiger partial charge in [0, 0.05) is 14.1 Å². The van der Waals surface area contributed by atoms with E-state index in [4.69, 9.17) is 17.0 Å². The summed E-state index contributed by atoms with van der Waals surface area (Å²) in [6, 6.07) is 13.6. The van der Waals surface area contributed by atoms with Gasteiger partial charge in [0.25, 0.3) is 11.8 Å². The van der Waals surface area contributed by atoms with Crippen LogP contribution in [0.25, 0.3) is 6.08 Å². The summed E-state index contributed by atoms with van der Waals surface area (Å²) in [4.78, 5) is 27.4. The number of ether oxygens (including phenoxy) is 1. The molecule has 0 N–H and O–H groups in total. The summed E-state index contributed by atoms with van der Waals surface area (Å²) in [6.45, 7) is 2.49. The number of nitrogens with zero attached hydrogens (tertiary/aromatic N) is 2. The van der Waals surface area contributed by atoms with Gasteiger partial charge in [0.2, 0.25) is 0 Å². The molecule has 2 aromatic rings. The first-order valence-corrected chi connectivity index (χ1v) is 9.77. The van der Waals surface area contributed by atoms with Gasteiger partial charge in [0.05, 0.1) is 4.47 Å². The minimum atomic E-state index is -0.413. The number of hydrogen-bond acceptors (Lipinski definition) is 4. The average Bonchev–Trinajstić information content (AvgIpc) is 2.69. The van der Waals surface area contributed by atoms with Crippen LogP contribution < -0.4 is 4.74 Å². The first-order valence-electron chi connectivity index (χ1n) is 8.57. The molecule has 0 aromatic heterocycles. The molecule has 0 aliphatic carbocycles. The Hall–Kier alpha value is -2.51. The monoisotopic (exact) mass is 458 g/mol. The summed E-state index contributed by atoms with van der Waals surface area (Å²) in [7, 11) is 3.11. The number of carbonyl (C=O) groups excluding carboxylic acids is 2. The van der Waals surface area contributed by atoms with Crippen molar-refractivity contribution in [3.05, 3.63) is 69.2 Å². The molecule has 0 atom stereocenters. The zero-order chi connectivity index (χ0) is 20.4. The molecule has 3 rings (SSSR count). The number of thiocarbonyl (C=S) groups is 1. The molecule has 0 radical (unpaired) electrons. The number of halogens is 1. The lowest BCUT2D eigenvalue weighted by molar-refractivity contribution is -0.132. The molecule has 0 spiro atoms. The van der Waals surface area contributed by atoms with E-state index in [1.807, 2.05) is 37.3 Å². The third-order valence-corrected chi connectivity index (χ3v) is 5.59. The summed E-state index contributed by atoms with van der Waals surface area (Å²) >= 11 is 8.59. The van der Waals surface area contributed by atoms with E-state index in [1.54, 1.807) is 32.3 Å². The molecule has 1 aliphatic heterocycles. The molecular weight excluding hydrogens is 440 g/mol. The van der Waals surface area contributed by atoms with Gasteiger partial charge in [-0.25, -0.2) is 0 Å². The standard InChI is InChI=1S/C21H19BrN2O3S/c1-13-4-6-14(7-5-13)12-27-18-9-8-15(11-17(18)22)10-16-19(25)23(2)21(28)24(3)20(16)26/h4-11H,12H2,1-3H3. The Kier molecular flexibility index (Phi) is 5.96. The lowest BCUT2D eigenvalue weighted by atomic mass is 10.1. The van der Waals surface area contributed by atoms with Crippen molar-refractivity contribution in [2.45, 2.75) is 13.5 Å². The number of rotatable bonds is 4. The molecule has 2 aromatic carbocycles. The quantitative estimate of drug-likeness (QED) is 0.395. The van der Waals surface area contributed by atoms with Crippen LogP contribution in [0.2, 0.25) is 0 Å². The molecule has 1 saturated heterocycles. The highest BCUT2D eigenvalue weighted by Gasteiger charge is 2.35. The number of likely N-dealkylation sites (N-methyl/N-ethyl adjacent to an activating group) is 2. The number of hydrogen-bond donors (Lipinski definition) is 0. The normalized spacial score (nSPS) is 14.6. The van der Waals surface area contributed by atoms with Crippen LogP contribution in [0, 0.1) is 6.92 Å². The minimum absolute atomic E-state index is 0.0684. The fourth-order valence-corrected chi connectivity index (χ4v) is 3.39. The maximum Gasteiger partial charge on any atom is 0.265 e. The van der Waals surface area contributed by atoms with Crippen LogP contribution in [-0.2, 0) is 16.2 Å². The zero-order valence-corrected chi connectivity index (χ0v) is 18.1. The van der Waals surface area contributed by atoms with Crippen molar-refractivity contribution in [3.8, 4) is 5.75 Å². The second kappa shape index (κ2) is 8.24. The zero-order valence-electron chi connectivity index (χ0n) is 15.7. The summed E-state index contributed by atoms with van der Waals surface area (Å²) in [5, 5.41) is 0.188. The Labute approximate surface area is 177 Å².